The fraction of sp³-hybridized carbons (Fsp3) is 0.882. The maximum Gasteiger partial charge on any atom is 0.00683 e. The lowest BCUT2D eigenvalue weighted by atomic mass is 9.71. The summed E-state index contributed by atoms with van der Waals surface area (Å²) < 4.78 is 0. The van der Waals surface area contributed by atoms with Crippen LogP contribution in [0.2, 0.25) is 0 Å². The molecule has 2 rings (SSSR count). The van der Waals surface area contributed by atoms with Crippen LogP contribution in [-0.2, 0) is 0 Å². The highest BCUT2D eigenvalue weighted by molar-refractivity contribution is 4.87. The molecule has 0 radical (unpaired) electrons. The summed E-state index contributed by atoms with van der Waals surface area (Å²) in [5, 5.41) is 3.75. The van der Waals surface area contributed by atoms with Crippen LogP contribution in [0.25, 0.3) is 0 Å². The SMILES string of the molecule is C=CCCC1CC(CCC)CCC1CNC1CC1. The molecule has 3 atom stereocenters. The standard InChI is InChI=1S/C17H31N/c1-3-5-7-15-12-14(6-4-2)8-9-16(15)13-18-17-10-11-17/h3,14-18H,1,4-13H2,2H3. The van der Waals surface area contributed by atoms with Crippen molar-refractivity contribution in [3.8, 4) is 0 Å². The fourth-order valence-corrected chi connectivity index (χ4v) is 3.65. The van der Waals surface area contributed by atoms with Gasteiger partial charge in [-0.15, -0.1) is 6.58 Å². The number of hydrogen-bond donors (Lipinski definition) is 1. The number of nitrogens with one attached hydrogen (secondary N) is 1. The second kappa shape index (κ2) is 7.33. The van der Waals surface area contributed by atoms with Gasteiger partial charge in [-0.25, -0.2) is 0 Å². The van der Waals surface area contributed by atoms with Gasteiger partial charge in [0.25, 0.3) is 0 Å². The van der Waals surface area contributed by atoms with Crippen molar-refractivity contribution in [3.63, 3.8) is 0 Å². The highest BCUT2D eigenvalue weighted by atomic mass is 14.9. The second-order valence-electron chi connectivity index (χ2n) is 6.54. The van der Waals surface area contributed by atoms with Gasteiger partial charge in [-0.1, -0.05) is 32.3 Å². The van der Waals surface area contributed by atoms with Crippen LogP contribution in [0.5, 0.6) is 0 Å². The first-order chi connectivity index (χ1) is 8.83. The minimum atomic E-state index is 0.874. The molecular formula is C17H31N. The van der Waals surface area contributed by atoms with Gasteiger partial charge in [0.2, 0.25) is 0 Å². The molecule has 18 heavy (non-hydrogen) atoms. The Morgan fingerprint density at radius 3 is 2.61 bits per heavy atom. The molecule has 2 saturated carbocycles. The summed E-state index contributed by atoms with van der Waals surface area (Å²) in [6, 6.07) is 0.874. The van der Waals surface area contributed by atoms with E-state index in [1.54, 1.807) is 0 Å². The number of allylic oxidation sites excluding steroid dienone is 1. The van der Waals surface area contributed by atoms with Crippen LogP contribution in [0.1, 0.15) is 64.7 Å². The first-order valence-electron chi connectivity index (χ1n) is 8.17. The average molecular weight is 249 g/mol. The first kappa shape index (κ1) is 14.1. The van der Waals surface area contributed by atoms with Crippen LogP contribution < -0.4 is 5.32 Å². The second-order valence-corrected chi connectivity index (χ2v) is 6.54. The van der Waals surface area contributed by atoms with Crippen molar-refractivity contribution in [3.05, 3.63) is 12.7 Å². The highest BCUT2D eigenvalue weighted by Crippen LogP contribution is 2.38. The van der Waals surface area contributed by atoms with Crippen molar-refractivity contribution >= 4 is 0 Å². The van der Waals surface area contributed by atoms with Crippen molar-refractivity contribution in [2.24, 2.45) is 17.8 Å². The summed E-state index contributed by atoms with van der Waals surface area (Å²) >= 11 is 0. The predicted octanol–water partition coefficient (Wildman–Crippen LogP) is 4.54. The summed E-state index contributed by atoms with van der Waals surface area (Å²) in [6.45, 7) is 7.51. The lowest BCUT2D eigenvalue weighted by Gasteiger charge is -2.36. The van der Waals surface area contributed by atoms with E-state index in [2.05, 4.69) is 24.9 Å². The van der Waals surface area contributed by atoms with Gasteiger partial charge < -0.3 is 5.32 Å². The zero-order valence-electron chi connectivity index (χ0n) is 12.2. The molecule has 3 unspecified atom stereocenters. The van der Waals surface area contributed by atoms with Crippen LogP contribution >= 0.6 is 0 Å². The van der Waals surface area contributed by atoms with Gasteiger partial charge in [-0.2, -0.15) is 0 Å². The van der Waals surface area contributed by atoms with Crippen molar-refractivity contribution in [2.75, 3.05) is 6.54 Å². The van der Waals surface area contributed by atoms with E-state index in [0.717, 1.165) is 23.8 Å². The van der Waals surface area contributed by atoms with Gasteiger partial charge in [-0.3, -0.25) is 0 Å². The van der Waals surface area contributed by atoms with E-state index >= 15 is 0 Å². The lowest BCUT2D eigenvalue weighted by molar-refractivity contribution is 0.160. The lowest BCUT2D eigenvalue weighted by Crippen LogP contribution is -2.34. The maximum atomic E-state index is 3.89. The van der Waals surface area contributed by atoms with E-state index in [1.165, 1.54) is 64.3 Å². The van der Waals surface area contributed by atoms with Crippen LogP contribution in [0.3, 0.4) is 0 Å². The molecule has 1 heteroatoms. The maximum absolute atomic E-state index is 3.89. The van der Waals surface area contributed by atoms with Gasteiger partial charge in [0, 0.05) is 6.04 Å². The summed E-state index contributed by atoms with van der Waals surface area (Å²) in [6.07, 6.45) is 14.8. The zero-order valence-corrected chi connectivity index (χ0v) is 12.2. The van der Waals surface area contributed by atoms with Crippen molar-refractivity contribution in [1.82, 2.24) is 5.32 Å². The monoisotopic (exact) mass is 249 g/mol. The minimum absolute atomic E-state index is 0.874. The molecule has 1 nitrogen and oxygen atoms in total. The molecule has 1 N–H and O–H groups in total. The summed E-state index contributed by atoms with van der Waals surface area (Å²) in [5.41, 5.74) is 0. The summed E-state index contributed by atoms with van der Waals surface area (Å²) in [5.74, 6) is 2.92. The minimum Gasteiger partial charge on any atom is -0.314 e. The third kappa shape index (κ3) is 4.42. The van der Waals surface area contributed by atoms with E-state index in [9.17, 15) is 0 Å². The Hall–Kier alpha value is -0.300. The van der Waals surface area contributed by atoms with E-state index in [-0.39, 0.29) is 0 Å². The van der Waals surface area contributed by atoms with Gasteiger partial charge in [0.05, 0.1) is 0 Å². The van der Waals surface area contributed by atoms with Crippen molar-refractivity contribution in [1.29, 1.82) is 0 Å². The fourth-order valence-electron chi connectivity index (χ4n) is 3.65. The zero-order chi connectivity index (χ0) is 12.8. The Labute approximate surface area is 113 Å². The smallest absolute Gasteiger partial charge is 0.00683 e. The third-order valence-electron chi connectivity index (χ3n) is 4.93. The molecule has 0 bridgehead atoms. The Balaban J connectivity index is 1.79. The topological polar surface area (TPSA) is 12.0 Å². The van der Waals surface area contributed by atoms with Gasteiger partial charge in [0.15, 0.2) is 0 Å². The quantitative estimate of drug-likeness (QED) is 0.623. The largest absolute Gasteiger partial charge is 0.314 e. The molecule has 0 spiro atoms. The van der Waals surface area contributed by atoms with Crippen LogP contribution in [0.15, 0.2) is 12.7 Å². The molecule has 104 valence electrons. The van der Waals surface area contributed by atoms with Crippen LogP contribution in [-0.4, -0.2) is 12.6 Å². The van der Waals surface area contributed by atoms with Gasteiger partial charge in [0.1, 0.15) is 0 Å². The molecule has 2 aliphatic rings. The summed E-state index contributed by atoms with van der Waals surface area (Å²) in [7, 11) is 0. The summed E-state index contributed by atoms with van der Waals surface area (Å²) in [4.78, 5) is 0. The number of hydrogen-bond acceptors (Lipinski definition) is 1. The van der Waals surface area contributed by atoms with Crippen LogP contribution in [0, 0.1) is 17.8 Å². The van der Waals surface area contributed by atoms with E-state index in [0.29, 0.717) is 0 Å². The molecule has 0 heterocycles. The Kier molecular flexibility index (Phi) is 5.75. The molecular weight excluding hydrogens is 218 g/mol. The van der Waals surface area contributed by atoms with Crippen LogP contribution in [0.4, 0.5) is 0 Å². The third-order valence-corrected chi connectivity index (χ3v) is 4.93. The molecule has 2 fully saturated rings. The molecule has 0 aliphatic heterocycles. The molecule has 2 aliphatic carbocycles. The Morgan fingerprint density at radius 1 is 1.11 bits per heavy atom. The highest BCUT2D eigenvalue weighted by Gasteiger charge is 2.31. The Morgan fingerprint density at radius 2 is 1.94 bits per heavy atom. The Bertz CT molecular complexity index is 244. The van der Waals surface area contributed by atoms with Crippen molar-refractivity contribution < 1.29 is 0 Å². The molecule has 0 aromatic carbocycles. The molecule has 0 aromatic heterocycles. The van der Waals surface area contributed by atoms with E-state index < -0.39 is 0 Å². The van der Waals surface area contributed by atoms with E-state index in [4.69, 9.17) is 0 Å². The van der Waals surface area contributed by atoms with Gasteiger partial charge >= 0.3 is 0 Å². The average Bonchev–Trinajstić information content (AvgIpc) is 3.19. The normalized spacial score (nSPS) is 32.4. The molecule has 0 amide bonds. The first-order valence-corrected chi connectivity index (χ1v) is 8.17. The predicted molar refractivity (Wildman–Crippen MR) is 79.7 cm³/mol. The van der Waals surface area contributed by atoms with Gasteiger partial charge in [-0.05, 0) is 62.8 Å². The molecule has 0 aromatic rings. The van der Waals surface area contributed by atoms with E-state index in [1.807, 2.05) is 0 Å². The van der Waals surface area contributed by atoms with Crippen molar-refractivity contribution in [2.45, 2.75) is 70.8 Å². The molecule has 0 saturated heterocycles. The number of rotatable bonds is 8.